The highest BCUT2D eigenvalue weighted by atomic mass is 16.4. The van der Waals surface area contributed by atoms with Gasteiger partial charge in [-0.15, -0.1) is 0 Å². The summed E-state index contributed by atoms with van der Waals surface area (Å²) >= 11 is 0. The molecule has 0 aliphatic carbocycles. The number of hydrogen-bond donors (Lipinski definition) is 0. The minimum Gasteiger partial charge on any atom is -0.440 e. The second-order valence-electron chi connectivity index (χ2n) is 9.51. The van der Waals surface area contributed by atoms with Gasteiger partial charge in [-0.25, -0.2) is 4.98 Å². The third-order valence-electron chi connectivity index (χ3n) is 7.00. The van der Waals surface area contributed by atoms with Gasteiger partial charge in [-0.3, -0.25) is 0 Å². The van der Waals surface area contributed by atoms with Crippen LogP contribution in [0.5, 0.6) is 0 Å². The van der Waals surface area contributed by atoms with Gasteiger partial charge in [0.05, 0.1) is 6.67 Å². The van der Waals surface area contributed by atoms with E-state index in [1.165, 1.54) is 33.8 Å². The summed E-state index contributed by atoms with van der Waals surface area (Å²) in [7, 11) is 0. The van der Waals surface area contributed by atoms with Gasteiger partial charge in [-0.1, -0.05) is 66.2 Å². The minimum atomic E-state index is 0.747. The summed E-state index contributed by atoms with van der Waals surface area (Å²) < 4.78 is 6.52. The second-order valence-corrected chi connectivity index (χ2v) is 9.51. The largest absolute Gasteiger partial charge is 0.440 e. The number of anilines is 1. The summed E-state index contributed by atoms with van der Waals surface area (Å²) in [6, 6.07) is 25.4. The molecule has 0 unspecified atom stereocenters. The molecule has 0 saturated heterocycles. The summed E-state index contributed by atoms with van der Waals surface area (Å²) in [5, 5.41) is 0. The Balaban J connectivity index is 1.44. The molecular formula is C31H33N3O. The molecule has 0 amide bonds. The quantitative estimate of drug-likeness (QED) is 0.296. The number of nitrogens with zero attached hydrogens (tertiary/aromatic N) is 3. The topological polar surface area (TPSA) is 32.5 Å². The number of hydrogen-bond acceptors (Lipinski definition) is 4. The zero-order valence-electron chi connectivity index (χ0n) is 21.3. The third kappa shape index (κ3) is 4.49. The lowest BCUT2D eigenvalue weighted by Gasteiger charge is -2.23. The lowest BCUT2D eigenvalue weighted by atomic mass is 9.95. The van der Waals surface area contributed by atoms with Crippen molar-refractivity contribution < 1.29 is 4.42 Å². The van der Waals surface area contributed by atoms with Crippen LogP contribution in [0.25, 0.3) is 22.6 Å². The first-order valence-corrected chi connectivity index (χ1v) is 12.3. The number of allylic oxidation sites excluding steroid dienone is 2. The molecule has 0 saturated carbocycles. The molecule has 5 rings (SSSR count). The van der Waals surface area contributed by atoms with Gasteiger partial charge in [-0.05, 0) is 57.9 Å². The highest BCUT2D eigenvalue weighted by Gasteiger charge is 2.25. The zero-order chi connectivity index (χ0) is 24.5. The van der Waals surface area contributed by atoms with Crippen molar-refractivity contribution in [3.8, 4) is 22.6 Å². The maximum atomic E-state index is 6.52. The van der Waals surface area contributed by atoms with Crippen molar-refractivity contribution >= 4 is 5.69 Å². The van der Waals surface area contributed by atoms with Crippen molar-refractivity contribution in [2.75, 3.05) is 18.1 Å². The Bertz CT molecular complexity index is 1350. The minimum absolute atomic E-state index is 0.747. The van der Waals surface area contributed by atoms with Crippen molar-refractivity contribution in [2.24, 2.45) is 0 Å². The highest BCUT2D eigenvalue weighted by Crippen LogP contribution is 2.37. The van der Waals surface area contributed by atoms with Crippen molar-refractivity contribution in [3.63, 3.8) is 0 Å². The predicted molar refractivity (Wildman–Crippen MR) is 144 cm³/mol. The number of aromatic nitrogens is 1. The van der Waals surface area contributed by atoms with E-state index in [4.69, 9.17) is 9.40 Å². The van der Waals surface area contributed by atoms with Crippen LogP contribution in [-0.2, 0) is 6.42 Å². The third-order valence-corrected chi connectivity index (χ3v) is 7.00. The lowest BCUT2D eigenvalue weighted by molar-refractivity contribution is 0.362. The average molecular weight is 464 g/mol. The number of aryl methyl sites for hydroxylation is 3. The fourth-order valence-electron chi connectivity index (χ4n) is 5.13. The van der Waals surface area contributed by atoms with Gasteiger partial charge in [0.2, 0.25) is 0 Å². The number of benzene rings is 3. The molecule has 0 radical (unpaired) electrons. The molecule has 0 N–H and O–H groups in total. The van der Waals surface area contributed by atoms with Gasteiger partial charge in [0, 0.05) is 41.2 Å². The van der Waals surface area contributed by atoms with E-state index in [2.05, 4.69) is 111 Å². The first kappa shape index (κ1) is 23.0. The van der Waals surface area contributed by atoms with Gasteiger partial charge >= 0.3 is 0 Å². The molecule has 0 atom stereocenters. The van der Waals surface area contributed by atoms with Gasteiger partial charge in [-0.2, -0.15) is 0 Å². The monoisotopic (exact) mass is 463 g/mol. The van der Waals surface area contributed by atoms with E-state index in [1.54, 1.807) is 0 Å². The maximum Gasteiger partial charge on any atom is 0.197 e. The molecule has 1 aliphatic heterocycles. The first-order valence-electron chi connectivity index (χ1n) is 12.3. The van der Waals surface area contributed by atoms with E-state index in [1.807, 2.05) is 6.07 Å². The van der Waals surface area contributed by atoms with Crippen LogP contribution < -0.4 is 4.90 Å². The molecule has 1 aromatic heterocycles. The Morgan fingerprint density at radius 3 is 2.09 bits per heavy atom. The highest BCUT2D eigenvalue weighted by molar-refractivity contribution is 5.80. The van der Waals surface area contributed by atoms with Crippen LogP contribution in [0.2, 0.25) is 0 Å². The SMILES string of the molecule is CC1=C(C)N(c2ccccc2)CN1CCc1nc(-c2ccccc2)c(-c2c(C)cc(C)cc2C)o1. The van der Waals surface area contributed by atoms with Crippen LogP contribution in [0.3, 0.4) is 0 Å². The van der Waals surface area contributed by atoms with E-state index >= 15 is 0 Å². The zero-order valence-corrected chi connectivity index (χ0v) is 21.3. The van der Waals surface area contributed by atoms with E-state index in [0.29, 0.717) is 0 Å². The second kappa shape index (κ2) is 9.46. The van der Waals surface area contributed by atoms with Crippen LogP contribution in [0.4, 0.5) is 5.69 Å². The summed E-state index contributed by atoms with van der Waals surface area (Å²) in [6.07, 6.45) is 0.747. The Morgan fingerprint density at radius 1 is 0.800 bits per heavy atom. The predicted octanol–water partition coefficient (Wildman–Crippen LogP) is 7.51. The van der Waals surface area contributed by atoms with Crippen molar-refractivity contribution in [3.05, 3.63) is 107 Å². The first-order chi connectivity index (χ1) is 16.9. The van der Waals surface area contributed by atoms with Gasteiger partial charge in [0.25, 0.3) is 0 Å². The number of para-hydroxylation sites is 1. The van der Waals surface area contributed by atoms with E-state index in [-0.39, 0.29) is 0 Å². The summed E-state index contributed by atoms with van der Waals surface area (Å²) in [4.78, 5) is 9.80. The van der Waals surface area contributed by atoms with Gasteiger partial charge < -0.3 is 14.2 Å². The molecule has 35 heavy (non-hydrogen) atoms. The standard InChI is InChI=1S/C31H33N3O/c1-21-18-22(2)29(23(3)19-21)31-30(26-12-8-6-9-13-26)32-28(35-31)16-17-33-20-34(25(5)24(33)4)27-14-10-7-11-15-27/h6-15,18-19H,16-17,20H2,1-5H3. The fourth-order valence-corrected chi connectivity index (χ4v) is 5.13. The summed E-state index contributed by atoms with van der Waals surface area (Å²) in [6.45, 7) is 12.6. The van der Waals surface area contributed by atoms with Crippen LogP contribution in [0, 0.1) is 20.8 Å². The molecule has 4 heteroatoms. The molecule has 0 fully saturated rings. The van der Waals surface area contributed by atoms with Crippen LogP contribution in [0.15, 0.2) is 88.6 Å². The van der Waals surface area contributed by atoms with Crippen LogP contribution in [0.1, 0.15) is 36.4 Å². The van der Waals surface area contributed by atoms with E-state index in [9.17, 15) is 0 Å². The Hall–Kier alpha value is -3.79. The van der Waals surface area contributed by atoms with E-state index in [0.717, 1.165) is 48.1 Å². The molecule has 0 bridgehead atoms. The molecule has 0 spiro atoms. The molecular weight excluding hydrogens is 430 g/mol. The van der Waals surface area contributed by atoms with Crippen LogP contribution in [-0.4, -0.2) is 23.1 Å². The van der Waals surface area contributed by atoms with E-state index < -0.39 is 0 Å². The Labute approximate surface area is 208 Å². The molecule has 4 aromatic rings. The van der Waals surface area contributed by atoms with Gasteiger partial charge in [0.1, 0.15) is 5.69 Å². The molecule has 1 aliphatic rings. The molecule has 4 nitrogen and oxygen atoms in total. The van der Waals surface area contributed by atoms with Crippen LogP contribution >= 0.6 is 0 Å². The smallest absolute Gasteiger partial charge is 0.197 e. The Morgan fingerprint density at radius 2 is 1.43 bits per heavy atom. The summed E-state index contributed by atoms with van der Waals surface area (Å²) in [5.41, 5.74) is 10.7. The average Bonchev–Trinajstić information content (AvgIpc) is 3.39. The summed E-state index contributed by atoms with van der Waals surface area (Å²) in [5.74, 6) is 1.65. The van der Waals surface area contributed by atoms with Crippen molar-refractivity contribution in [1.29, 1.82) is 0 Å². The number of oxazole rings is 1. The van der Waals surface area contributed by atoms with Gasteiger partial charge in [0.15, 0.2) is 11.7 Å². The van der Waals surface area contributed by atoms with Crippen molar-refractivity contribution in [2.45, 2.75) is 41.0 Å². The normalized spacial score (nSPS) is 13.7. The lowest BCUT2D eigenvalue weighted by Crippen LogP contribution is -2.28. The fraction of sp³-hybridized carbons (Fsp3) is 0.258. The van der Waals surface area contributed by atoms with Crippen molar-refractivity contribution in [1.82, 2.24) is 9.88 Å². The molecule has 2 heterocycles. The number of rotatable bonds is 6. The maximum absolute atomic E-state index is 6.52. The molecule has 178 valence electrons. The molecule has 3 aromatic carbocycles. The Kier molecular flexibility index (Phi) is 6.21.